The Labute approximate surface area is 114 Å². The number of hydrogen-bond donors (Lipinski definition) is 0. The van der Waals surface area contributed by atoms with Crippen molar-refractivity contribution in [1.29, 1.82) is 0 Å². The van der Waals surface area contributed by atoms with E-state index in [1.54, 1.807) is 0 Å². The fourth-order valence-electron chi connectivity index (χ4n) is 2.19. The lowest BCUT2D eigenvalue weighted by Gasteiger charge is -2.33. The van der Waals surface area contributed by atoms with Gasteiger partial charge in [0.1, 0.15) is 0 Å². The van der Waals surface area contributed by atoms with Crippen molar-refractivity contribution in [3.63, 3.8) is 0 Å². The molecule has 0 aliphatic carbocycles. The summed E-state index contributed by atoms with van der Waals surface area (Å²) >= 11 is 2.27. The van der Waals surface area contributed by atoms with E-state index in [0.29, 0.717) is 12.8 Å². The normalized spacial score (nSPS) is 20.1. The zero-order valence-corrected chi connectivity index (χ0v) is 11.6. The summed E-state index contributed by atoms with van der Waals surface area (Å²) in [6, 6.07) is 8.24. The zero-order valence-electron chi connectivity index (χ0n) is 9.43. The van der Waals surface area contributed by atoms with Gasteiger partial charge in [0.2, 0.25) is 0 Å². The average molecular weight is 343 g/mol. The molecular formula is C13H14INO2. The molecule has 0 radical (unpaired) electrons. The maximum atomic E-state index is 11.4. The summed E-state index contributed by atoms with van der Waals surface area (Å²) in [6.07, 6.45) is 2.26. The average Bonchev–Trinajstić information content (AvgIpc) is 2.39. The Balaban J connectivity index is 2.09. The van der Waals surface area contributed by atoms with Crippen LogP contribution >= 0.6 is 22.6 Å². The fraction of sp³-hybridized carbons (Fsp3) is 0.385. The first kappa shape index (κ1) is 12.5. The van der Waals surface area contributed by atoms with Gasteiger partial charge in [-0.05, 0) is 59.7 Å². The molecule has 1 unspecified atom stereocenters. The molecule has 17 heavy (non-hydrogen) atoms. The van der Waals surface area contributed by atoms with Gasteiger partial charge in [-0.2, -0.15) is 0 Å². The van der Waals surface area contributed by atoms with Gasteiger partial charge in [0.25, 0.3) is 0 Å². The van der Waals surface area contributed by atoms with Gasteiger partial charge < -0.3 is 4.90 Å². The highest BCUT2D eigenvalue weighted by atomic mass is 127. The summed E-state index contributed by atoms with van der Waals surface area (Å²) in [5.41, 5.74) is 1.13. The van der Waals surface area contributed by atoms with Crippen LogP contribution in [0.1, 0.15) is 12.8 Å². The van der Waals surface area contributed by atoms with Crippen molar-refractivity contribution in [1.82, 2.24) is 0 Å². The van der Waals surface area contributed by atoms with E-state index in [0.717, 1.165) is 25.1 Å². The molecule has 1 aromatic rings. The number of hydrogen-bond acceptors (Lipinski definition) is 3. The lowest BCUT2D eigenvalue weighted by atomic mass is 9.94. The zero-order chi connectivity index (χ0) is 12.3. The summed E-state index contributed by atoms with van der Waals surface area (Å²) in [5.74, 6) is -0.388. The van der Waals surface area contributed by atoms with Gasteiger partial charge >= 0.3 is 0 Å². The number of nitrogens with zero attached hydrogens (tertiary/aromatic N) is 1. The molecule has 0 saturated carbocycles. The van der Waals surface area contributed by atoms with Crippen LogP contribution in [0.2, 0.25) is 0 Å². The van der Waals surface area contributed by atoms with Crippen LogP contribution < -0.4 is 4.90 Å². The molecule has 1 aliphatic heterocycles. The second-order valence-corrected chi connectivity index (χ2v) is 5.53. The molecule has 1 heterocycles. The largest absolute Gasteiger partial charge is 0.371 e. The first-order chi connectivity index (χ1) is 8.20. The van der Waals surface area contributed by atoms with E-state index in [1.807, 2.05) is 0 Å². The molecule has 3 nitrogen and oxygen atoms in total. The Hall–Kier alpha value is -0.910. The molecule has 0 spiro atoms. The highest BCUT2D eigenvalue weighted by Gasteiger charge is 2.25. The van der Waals surface area contributed by atoms with Crippen LogP contribution in [-0.4, -0.2) is 25.2 Å². The lowest BCUT2D eigenvalue weighted by molar-refractivity contribution is -0.132. The number of anilines is 1. The van der Waals surface area contributed by atoms with Crippen LogP contribution in [-0.2, 0) is 9.59 Å². The summed E-state index contributed by atoms with van der Waals surface area (Å²) in [7, 11) is 0. The highest BCUT2D eigenvalue weighted by Crippen LogP contribution is 2.24. The minimum atomic E-state index is -0.264. The molecule has 0 amide bonds. The Morgan fingerprint density at radius 1 is 1.35 bits per heavy atom. The molecule has 4 heteroatoms. The molecule has 0 aromatic heterocycles. The van der Waals surface area contributed by atoms with Gasteiger partial charge in [-0.25, -0.2) is 0 Å². The SMILES string of the molecule is O=CC(=O)C1CCCN(c2ccc(I)cc2)C1. The van der Waals surface area contributed by atoms with Crippen molar-refractivity contribution in [3.8, 4) is 0 Å². The maximum absolute atomic E-state index is 11.4. The third-order valence-electron chi connectivity index (χ3n) is 3.13. The first-order valence-electron chi connectivity index (χ1n) is 5.70. The van der Waals surface area contributed by atoms with Gasteiger partial charge in [-0.15, -0.1) is 0 Å². The van der Waals surface area contributed by atoms with E-state index < -0.39 is 0 Å². The van der Waals surface area contributed by atoms with Gasteiger partial charge in [-0.3, -0.25) is 9.59 Å². The van der Waals surface area contributed by atoms with Gasteiger partial charge in [0, 0.05) is 28.3 Å². The minimum absolute atomic E-state index is 0.125. The summed E-state index contributed by atoms with van der Waals surface area (Å²) < 4.78 is 1.20. The molecule has 0 N–H and O–H groups in total. The number of ketones is 1. The Morgan fingerprint density at radius 2 is 2.06 bits per heavy atom. The molecule has 90 valence electrons. The third kappa shape index (κ3) is 3.06. The molecule has 1 fully saturated rings. The smallest absolute Gasteiger partial charge is 0.200 e. The topological polar surface area (TPSA) is 37.4 Å². The number of rotatable bonds is 3. The van der Waals surface area contributed by atoms with E-state index >= 15 is 0 Å². The molecule has 1 aliphatic rings. The summed E-state index contributed by atoms with van der Waals surface area (Å²) in [4.78, 5) is 24.1. The highest BCUT2D eigenvalue weighted by molar-refractivity contribution is 14.1. The van der Waals surface area contributed by atoms with Gasteiger partial charge in [0.15, 0.2) is 12.1 Å². The number of carbonyl (C=O) groups is 2. The number of benzene rings is 1. The Kier molecular flexibility index (Phi) is 4.15. The molecule has 0 bridgehead atoms. The number of halogens is 1. The Morgan fingerprint density at radius 3 is 2.71 bits per heavy atom. The number of carbonyl (C=O) groups excluding carboxylic acids is 2. The minimum Gasteiger partial charge on any atom is -0.371 e. The van der Waals surface area contributed by atoms with E-state index in [9.17, 15) is 9.59 Å². The van der Waals surface area contributed by atoms with Crippen molar-refractivity contribution in [2.24, 2.45) is 5.92 Å². The molecular weight excluding hydrogens is 329 g/mol. The van der Waals surface area contributed by atoms with Crippen LogP contribution in [0.4, 0.5) is 5.69 Å². The molecule has 1 saturated heterocycles. The van der Waals surface area contributed by atoms with E-state index in [-0.39, 0.29) is 11.7 Å². The van der Waals surface area contributed by atoms with Crippen LogP contribution in [0, 0.1) is 9.49 Å². The van der Waals surface area contributed by atoms with Crippen molar-refractivity contribution >= 4 is 40.3 Å². The van der Waals surface area contributed by atoms with Crippen molar-refractivity contribution in [3.05, 3.63) is 27.8 Å². The van der Waals surface area contributed by atoms with E-state index in [1.165, 1.54) is 3.57 Å². The number of Topliss-reactive ketones (excluding diaryl/α,β-unsaturated/α-hetero) is 1. The predicted molar refractivity (Wildman–Crippen MR) is 75.2 cm³/mol. The number of aldehydes is 1. The van der Waals surface area contributed by atoms with E-state index in [4.69, 9.17) is 0 Å². The fourth-order valence-corrected chi connectivity index (χ4v) is 2.55. The van der Waals surface area contributed by atoms with Crippen molar-refractivity contribution < 1.29 is 9.59 Å². The van der Waals surface area contributed by atoms with Crippen LogP contribution in [0.25, 0.3) is 0 Å². The first-order valence-corrected chi connectivity index (χ1v) is 6.78. The quantitative estimate of drug-likeness (QED) is 0.480. The number of piperidine rings is 1. The molecule has 1 atom stereocenters. The van der Waals surface area contributed by atoms with E-state index in [2.05, 4.69) is 51.8 Å². The van der Waals surface area contributed by atoms with Crippen LogP contribution in [0.5, 0.6) is 0 Å². The molecule has 2 rings (SSSR count). The third-order valence-corrected chi connectivity index (χ3v) is 3.85. The monoisotopic (exact) mass is 343 g/mol. The summed E-state index contributed by atoms with van der Waals surface area (Å²) in [5, 5.41) is 0. The standard InChI is InChI=1S/C13H14INO2/c14-11-3-5-12(6-4-11)15-7-1-2-10(8-15)13(17)9-16/h3-6,9-10H,1-2,7-8H2. The molecule has 1 aromatic carbocycles. The predicted octanol–water partition coefficient (Wildman–Crippen LogP) is 2.28. The van der Waals surface area contributed by atoms with Crippen molar-refractivity contribution in [2.75, 3.05) is 18.0 Å². The van der Waals surface area contributed by atoms with Gasteiger partial charge in [-0.1, -0.05) is 0 Å². The van der Waals surface area contributed by atoms with Gasteiger partial charge in [0.05, 0.1) is 0 Å². The van der Waals surface area contributed by atoms with Crippen LogP contribution in [0.3, 0.4) is 0 Å². The second-order valence-electron chi connectivity index (χ2n) is 4.28. The van der Waals surface area contributed by atoms with Crippen LogP contribution in [0.15, 0.2) is 24.3 Å². The Bertz CT molecular complexity index is 416. The second kappa shape index (κ2) is 5.62. The maximum Gasteiger partial charge on any atom is 0.200 e. The lowest BCUT2D eigenvalue weighted by Crippen LogP contribution is -2.39. The summed E-state index contributed by atoms with van der Waals surface area (Å²) in [6.45, 7) is 1.63. The van der Waals surface area contributed by atoms with Crippen molar-refractivity contribution in [2.45, 2.75) is 12.8 Å².